The lowest BCUT2D eigenvalue weighted by Gasteiger charge is -2.11. The van der Waals surface area contributed by atoms with Gasteiger partial charge in [0.25, 0.3) is 0 Å². The van der Waals surface area contributed by atoms with Crippen molar-refractivity contribution in [2.45, 2.75) is 17.6 Å². The Kier molecular flexibility index (Phi) is 5.72. The Bertz CT molecular complexity index is 1210. The van der Waals surface area contributed by atoms with Crippen molar-refractivity contribution >= 4 is 11.8 Å². The van der Waals surface area contributed by atoms with Gasteiger partial charge in [0.2, 0.25) is 0 Å². The Morgan fingerprint density at radius 2 is 1.60 bits per heavy atom. The Labute approximate surface area is 179 Å². The molecule has 152 valence electrons. The summed E-state index contributed by atoms with van der Waals surface area (Å²) < 4.78 is 7.81. The van der Waals surface area contributed by atoms with Gasteiger partial charge < -0.3 is 4.74 Å². The fourth-order valence-corrected chi connectivity index (χ4v) is 4.24. The Morgan fingerprint density at radius 1 is 0.933 bits per heavy atom. The number of hydrogen-bond donors (Lipinski definition) is 0. The van der Waals surface area contributed by atoms with Crippen LogP contribution in [0.5, 0.6) is 5.75 Å². The van der Waals surface area contributed by atoms with Crippen LogP contribution < -0.4 is 10.4 Å². The summed E-state index contributed by atoms with van der Waals surface area (Å²) in [7, 11) is 3.27. The van der Waals surface area contributed by atoms with Gasteiger partial charge in [0.15, 0.2) is 0 Å². The third-order valence-corrected chi connectivity index (χ3v) is 6.03. The highest BCUT2D eigenvalue weighted by atomic mass is 32.2. The summed E-state index contributed by atoms with van der Waals surface area (Å²) in [5.41, 5.74) is 5.02. The molecular formula is C23H22N4O2S. The molecule has 1 aromatic heterocycles. The first-order chi connectivity index (χ1) is 14.6. The van der Waals surface area contributed by atoms with Crippen molar-refractivity contribution in [3.63, 3.8) is 0 Å². The molecule has 0 atom stereocenters. The molecule has 4 aromatic rings. The van der Waals surface area contributed by atoms with Crippen LogP contribution in [-0.2, 0) is 12.8 Å². The molecule has 1 heterocycles. The van der Waals surface area contributed by atoms with Gasteiger partial charge in [-0.3, -0.25) is 0 Å². The smallest absolute Gasteiger partial charge is 0.368 e. The van der Waals surface area contributed by atoms with Gasteiger partial charge >= 0.3 is 5.69 Å². The molecule has 0 spiro atoms. The molecule has 30 heavy (non-hydrogen) atoms. The number of methoxy groups -OCH3 is 1. The van der Waals surface area contributed by atoms with Crippen molar-refractivity contribution in [2.75, 3.05) is 7.11 Å². The van der Waals surface area contributed by atoms with Gasteiger partial charge in [0, 0.05) is 17.7 Å². The van der Waals surface area contributed by atoms with Crippen LogP contribution in [0.3, 0.4) is 0 Å². The monoisotopic (exact) mass is 418 g/mol. The van der Waals surface area contributed by atoms with Gasteiger partial charge in [-0.25, -0.2) is 4.79 Å². The van der Waals surface area contributed by atoms with Crippen molar-refractivity contribution < 1.29 is 4.74 Å². The molecule has 0 fully saturated rings. The number of nitrogens with zero attached hydrogens (tertiary/aromatic N) is 4. The number of rotatable bonds is 6. The molecule has 0 aliphatic carbocycles. The molecule has 0 bridgehead atoms. The molecule has 0 saturated heterocycles. The number of tetrazole rings is 1. The first kappa shape index (κ1) is 20.0. The van der Waals surface area contributed by atoms with E-state index >= 15 is 0 Å². The van der Waals surface area contributed by atoms with E-state index in [1.165, 1.54) is 9.36 Å². The topological polar surface area (TPSA) is 61.9 Å². The first-order valence-corrected chi connectivity index (χ1v) is 10.5. The molecular weight excluding hydrogens is 396 g/mol. The van der Waals surface area contributed by atoms with E-state index in [0.29, 0.717) is 0 Å². The van der Waals surface area contributed by atoms with Crippen LogP contribution in [0.15, 0.2) is 76.4 Å². The predicted octanol–water partition coefficient (Wildman–Crippen LogP) is 4.24. The number of aromatic nitrogens is 4. The fraction of sp³-hybridized carbons (Fsp3) is 0.174. The van der Waals surface area contributed by atoms with Crippen LogP contribution in [0.1, 0.15) is 11.1 Å². The largest absolute Gasteiger partial charge is 0.497 e. The van der Waals surface area contributed by atoms with E-state index in [4.69, 9.17) is 4.74 Å². The van der Waals surface area contributed by atoms with Gasteiger partial charge in [-0.2, -0.15) is 9.36 Å². The zero-order chi connectivity index (χ0) is 21.1. The highest BCUT2D eigenvalue weighted by Crippen LogP contribution is 2.30. The van der Waals surface area contributed by atoms with E-state index < -0.39 is 0 Å². The van der Waals surface area contributed by atoms with Gasteiger partial charge in [0.05, 0.1) is 12.8 Å². The second-order valence-corrected chi connectivity index (χ2v) is 7.96. The molecule has 0 unspecified atom stereocenters. The minimum atomic E-state index is -0.254. The Morgan fingerprint density at radius 3 is 2.20 bits per heavy atom. The van der Waals surface area contributed by atoms with E-state index in [-0.39, 0.29) is 5.69 Å². The fourth-order valence-electron chi connectivity index (χ4n) is 3.22. The van der Waals surface area contributed by atoms with Crippen molar-refractivity contribution in [3.05, 3.63) is 88.3 Å². The molecule has 3 aromatic carbocycles. The zero-order valence-electron chi connectivity index (χ0n) is 17.1. The summed E-state index contributed by atoms with van der Waals surface area (Å²) in [5, 5.41) is 7.83. The number of thioether (sulfide) groups is 1. The molecule has 0 amide bonds. The Balaban J connectivity index is 1.54. The molecule has 6 nitrogen and oxygen atoms in total. The summed E-state index contributed by atoms with van der Waals surface area (Å²) in [6.07, 6.45) is 0. The zero-order valence-corrected chi connectivity index (χ0v) is 17.9. The number of hydrogen-bond acceptors (Lipinski definition) is 5. The van der Waals surface area contributed by atoms with Crippen LogP contribution >= 0.6 is 11.8 Å². The minimum absolute atomic E-state index is 0.254. The van der Waals surface area contributed by atoms with E-state index in [0.717, 1.165) is 44.3 Å². The first-order valence-electron chi connectivity index (χ1n) is 9.52. The van der Waals surface area contributed by atoms with Crippen LogP contribution in [0.2, 0.25) is 0 Å². The van der Waals surface area contributed by atoms with E-state index in [9.17, 15) is 4.79 Å². The van der Waals surface area contributed by atoms with Gasteiger partial charge in [-0.15, -0.1) is 11.8 Å². The maximum Gasteiger partial charge on any atom is 0.368 e. The summed E-state index contributed by atoms with van der Waals surface area (Å²) >= 11 is 1.73. The highest BCUT2D eigenvalue weighted by molar-refractivity contribution is 7.98. The third-order valence-electron chi connectivity index (χ3n) is 5.00. The van der Waals surface area contributed by atoms with Gasteiger partial charge in [0.1, 0.15) is 5.75 Å². The third kappa shape index (κ3) is 4.02. The quantitative estimate of drug-likeness (QED) is 0.438. The SMILES string of the molecule is COc1ccc(-c2ccc(SCc3c(C)cccc3-n3nnn(C)c3=O)cc2)cc1. The number of ether oxygens (including phenoxy) is 1. The molecule has 7 heteroatoms. The molecule has 0 aliphatic heterocycles. The van der Waals surface area contributed by atoms with Gasteiger partial charge in [-0.05, 0) is 69.9 Å². The lowest BCUT2D eigenvalue weighted by atomic mass is 10.1. The van der Waals surface area contributed by atoms with Crippen molar-refractivity contribution in [3.8, 4) is 22.6 Å². The van der Waals surface area contributed by atoms with Crippen LogP contribution in [0.4, 0.5) is 0 Å². The summed E-state index contributed by atoms with van der Waals surface area (Å²) in [6.45, 7) is 2.05. The molecule has 0 saturated carbocycles. The Hall–Kier alpha value is -3.32. The lowest BCUT2D eigenvalue weighted by molar-refractivity contribution is 0.415. The number of aryl methyl sites for hydroxylation is 2. The second-order valence-electron chi connectivity index (χ2n) is 6.91. The molecule has 4 rings (SSSR count). The standard InChI is InChI=1S/C23H22N4O2S/c1-16-5-4-6-22(27-23(28)26(2)24-25-27)21(16)15-30-20-13-9-18(10-14-20)17-7-11-19(29-3)12-8-17/h4-14H,15H2,1-3H3. The van der Waals surface area contributed by atoms with Crippen molar-refractivity contribution in [2.24, 2.45) is 7.05 Å². The normalized spacial score (nSPS) is 10.9. The van der Waals surface area contributed by atoms with E-state index in [1.807, 2.05) is 37.3 Å². The minimum Gasteiger partial charge on any atom is -0.497 e. The number of benzene rings is 3. The molecule has 0 aliphatic rings. The summed E-state index contributed by atoms with van der Waals surface area (Å²) in [4.78, 5) is 13.5. The average Bonchev–Trinajstić information content (AvgIpc) is 3.11. The molecule has 0 N–H and O–H groups in total. The second kappa shape index (κ2) is 8.59. The van der Waals surface area contributed by atoms with E-state index in [1.54, 1.807) is 25.9 Å². The van der Waals surface area contributed by atoms with Gasteiger partial charge in [-0.1, -0.05) is 36.4 Å². The summed E-state index contributed by atoms with van der Waals surface area (Å²) in [5.74, 6) is 1.58. The van der Waals surface area contributed by atoms with Crippen molar-refractivity contribution in [1.82, 2.24) is 19.8 Å². The summed E-state index contributed by atoms with van der Waals surface area (Å²) in [6, 6.07) is 22.4. The molecule has 0 radical (unpaired) electrons. The lowest BCUT2D eigenvalue weighted by Crippen LogP contribution is -2.23. The maximum atomic E-state index is 12.3. The van der Waals surface area contributed by atoms with Crippen molar-refractivity contribution in [1.29, 1.82) is 0 Å². The van der Waals surface area contributed by atoms with E-state index in [2.05, 4.69) is 46.8 Å². The predicted molar refractivity (Wildman–Crippen MR) is 119 cm³/mol. The highest BCUT2D eigenvalue weighted by Gasteiger charge is 2.13. The van der Waals surface area contributed by atoms with Crippen LogP contribution in [0, 0.1) is 6.92 Å². The van der Waals surface area contributed by atoms with Crippen LogP contribution in [0.25, 0.3) is 16.8 Å². The average molecular weight is 419 g/mol. The maximum absolute atomic E-state index is 12.3. The van der Waals surface area contributed by atoms with Crippen LogP contribution in [-0.4, -0.2) is 26.9 Å².